The van der Waals surface area contributed by atoms with Crippen molar-refractivity contribution in [3.8, 4) is 6.07 Å². The summed E-state index contributed by atoms with van der Waals surface area (Å²) < 4.78 is 2.05. The van der Waals surface area contributed by atoms with Crippen LogP contribution in [0.15, 0.2) is 18.5 Å². The fourth-order valence-electron chi connectivity index (χ4n) is 4.08. The van der Waals surface area contributed by atoms with Crippen LogP contribution in [0.3, 0.4) is 0 Å². The third-order valence-electron chi connectivity index (χ3n) is 5.64. The average molecular weight is 350 g/mol. The molecule has 2 fully saturated rings. The van der Waals surface area contributed by atoms with E-state index < -0.39 is 5.41 Å². The Labute approximate surface area is 149 Å². The van der Waals surface area contributed by atoms with Gasteiger partial charge in [0.1, 0.15) is 29.0 Å². The molecule has 3 aromatic rings. The number of likely N-dealkylation sites (tertiary alicyclic amines) is 1. The number of nitriles is 1. The van der Waals surface area contributed by atoms with E-state index in [1.54, 1.807) is 11.1 Å². The highest BCUT2D eigenvalue weighted by molar-refractivity contribution is 6.01. The molecule has 26 heavy (non-hydrogen) atoms. The van der Waals surface area contributed by atoms with Gasteiger partial charge in [0.05, 0.1) is 23.8 Å². The Morgan fingerprint density at radius 2 is 2.35 bits per heavy atom. The van der Waals surface area contributed by atoms with Crippen LogP contribution in [0.1, 0.15) is 31.1 Å². The van der Waals surface area contributed by atoms with Crippen molar-refractivity contribution in [2.75, 3.05) is 13.1 Å². The molecule has 0 bridgehead atoms. The van der Waals surface area contributed by atoms with E-state index in [0.717, 1.165) is 28.5 Å². The van der Waals surface area contributed by atoms with Crippen LogP contribution in [0, 0.1) is 16.7 Å². The molecule has 3 aromatic heterocycles. The smallest absolute Gasteiger partial charge is 0.243 e. The predicted molar refractivity (Wildman–Crippen MR) is 92.8 cm³/mol. The summed E-state index contributed by atoms with van der Waals surface area (Å²) >= 11 is 0. The zero-order valence-electron chi connectivity index (χ0n) is 14.1. The van der Waals surface area contributed by atoms with Gasteiger partial charge in [-0.25, -0.2) is 9.97 Å². The number of aliphatic hydroxyl groups is 1. The van der Waals surface area contributed by atoms with Gasteiger partial charge >= 0.3 is 0 Å². The molecule has 1 saturated heterocycles. The van der Waals surface area contributed by atoms with Crippen LogP contribution in [0.25, 0.3) is 22.1 Å². The van der Waals surface area contributed by atoms with E-state index in [9.17, 15) is 15.2 Å². The molecule has 1 unspecified atom stereocenters. The first-order valence-corrected chi connectivity index (χ1v) is 8.81. The lowest BCUT2D eigenvalue weighted by atomic mass is 10.1. The van der Waals surface area contributed by atoms with Gasteiger partial charge in [0.25, 0.3) is 0 Å². The fraction of sp³-hybridized carbons (Fsp3) is 0.444. The number of hydrogen-bond acceptors (Lipinski definition) is 5. The Morgan fingerprint density at radius 1 is 1.50 bits per heavy atom. The van der Waals surface area contributed by atoms with Crippen molar-refractivity contribution < 1.29 is 9.90 Å². The van der Waals surface area contributed by atoms with Crippen molar-refractivity contribution in [2.45, 2.75) is 31.9 Å². The van der Waals surface area contributed by atoms with Gasteiger partial charge in [0.15, 0.2) is 0 Å². The van der Waals surface area contributed by atoms with Crippen LogP contribution in [0.5, 0.6) is 0 Å². The second-order valence-corrected chi connectivity index (χ2v) is 7.18. The summed E-state index contributed by atoms with van der Waals surface area (Å²) in [6.07, 6.45) is 5.64. The minimum Gasteiger partial charge on any atom is -0.388 e. The molecular weight excluding hydrogens is 332 g/mol. The zero-order valence-corrected chi connectivity index (χ0v) is 14.1. The maximum absolute atomic E-state index is 12.7. The first-order chi connectivity index (χ1) is 12.7. The van der Waals surface area contributed by atoms with Gasteiger partial charge in [-0.2, -0.15) is 5.26 Å². The predicted octanol–water partition coefficient (Wildman–Crippen LogP) is 1.48. The highest BCUT2D eigenvalue weighted by Gasteiger charge is 2.53. The summed E-state index contributed by atoms with van der Waals surface area (Å²) in [6.45, 7) is 0.987. The lowest BCUT2D eigenvalue weighted by Gasteiger charge is -2.20. The number of carbonyl (C=O) groups is 1. The van der Waals surface area contributed by atoms with Crippen molar-refractivity contribution >= 4 is 28.0 Å². The largest absolute Gasteiger partial charge is 0.388 e. The number of nitrogens with zero attached hydrogens (tertiary/aromatic N) is 5. The Morgan fingerprint density at radius 3 is 3.08 bits per heavy atom. The zero-order chi connectivity index (χ0) is 17.9. The molecule has 0 spiro atoms. The Bertz CT molecular complexity index is 1070. The molecule has 1 atom stereocenters. The second-order valence-electron chi connectivity index (χ2n) is 7.18. The van der Waals surface area contributed by atoms with Crippen molar-refractivity contribution in [3.05, 3.63) is 24.3 Å². The molecule has 1 aliphatic carbocycles. The first kappa shape index (κ1) is 15.3. The van der Waals surface area contributed by atoms with Gasteiger partial charge in [-0.1, -0.05) is 0 Å². The molecule has 4 heterocycles. The number of nitrogens with one attached hydrogen (secondary N) is 1. The van der Waals surface area contributed by atoms with Crippen molar-refractivity contribution in [1.82, 2.24) is 24.4 Å². The molecular formula is C18H18N6O2. The van der Waals surface area contributed by atoms with Crippen LogP contribution in [0.2, 0.25) is 0 Å². The lowest BCUT2D eigenvalue weighted by Crippen LogP contribution is -2.35. The molecule has 1 saturated carbocycles. The number of amides is 1. The summed E-state index contributed by atoms with van der Waals surface area (Å²) in [7, 11) is 0. The highest BCUT2D eigenvalue weighted by Crippen LogP contribution is 2.47. The minimum atomic E-state index is -0.788. The summed E-state index contributed by atoms with van der Waals surface area (Å²) in [5, 5.41) is 20.1. The Hall–Kier alpha value is -2.92. The van der Waals surface area contributed by atoms with Crippen LogP contribution in [-0.2, 0) is 11.4 Å². The van der Waals surface area contributed by atoms with Gasteiger partial charge in [-0.3, -0.25) is 4.79 Å². The normalized spacial score (nSPS) is 21.4. The number of carbonyl (C=O) groups excluding carboxylic acids is 1. The van der Waals surface area contributed by atoms with Gasteiger partial charge in [-0.15, -0.1) is 0 Å². The van der Waals surface area contributed by atoms with E-state index in [4.69, 9.17) is 0 Å². The maximum atomic E-state index is 12.7. The SMILES string of the molecule is N#CC1(C(=O)N2CCC(n3c(CO)nc4cnc5[nH]ccc5c43)C2)CC1. The standard InChI is InChI=1S/C18H18N6O2/c19-10-18(3-4-18)17(26)23-6-2-11(8-23)24-14(9-25)22-13-7-21-16-12(15(13)24)1-5-20-16/h1,5,7,11,25H,2-4,6,8-9H2,(H,20,21). The number of rotatable bonds is 3. The van der Waals surface area contributed by atoms with Crippen LogP contribution < -0.4 is 0 Å². The van der Waals surface area contributed by atoms with E-state index in [-0.39, 0.29) is 18.6 Å². The number of fused-ring (bicyclic) bond motifs is 3. The summed E-state index contributed by atoms with van der Waals surface area (Å²) in [4.78, 5) is 26.5. The summed E-state index contributed by atoms with van der Waals surface area (Å²) in [6, 6.07) is 4.17. The monoisotopic (exact) mass is 350 g/mol. The Balaban J connectivity index is 1.56. The molecule has 0 aromatic carbocycles. The van der Waals surface area contributed by atoms with Crippen LogP contribution >= 0.6 is 0 Å². The van der Waals surface area contributed by atoms with Gasteiger partial charge in [-0.05, 0) is 25.3 Å². The van der Waals surface area contributed by atoms with Crippen LogP contribution in [0.4, 0.5) is 0 Å². The number of aromatic nitrogens is 4. The lowest BCUT2D eigenvalue weighted by molar-refractivity contribution is -0.133. The molecule has 2 N–H and O–H groups in total. The number of aliphatic hydroxyl groups excluding tert-OH is 1. The van der Waals surface area contributed by atoms with Crippen molar-refractivity contribution in [3.63, 3.8) is 0 Å². The van der Waals surface area contributed by atoms with Crippen molar-refractivity contribution in [1.29, 1.82) is 5.26 Å². The van der Waals surface area contributed by atoms with Crippen LogP contribution in [-0.4, -0.2) is 48.5 Å². The summed E-state index contributed by atoms with van der Waals surface area (Å²) in [5.74, 6) is 0.530. The number of aromatic amines is 1. The van der Waals surface area contributed by atoms with E-state index in [1.807, 2.05) is 16.8 Å². The third-order valence-corrected chi connectivity index (χ3v) is 5.64. The average Bonchev–Trinajstić information content (AvgIpc) is 3.04. The fourth-order valence-corrected chi connectivity index (χ4v) is 4.08. The number of imidazole rings is 1. The highest BCUT2D eigenvalue weighted by atomic mass is 16.3. The second kappa shape index (κ2) is 5.29. The molecule has 2 aliphatic rings. The number of pyridine rings is 1. The molecule has 8 nitrogen and oxygen atoms in total. The van der Waals surface area contributed by atoms with Gasteiger partial charge < -0.3 is 19.6 Å². The van der Waals surface area contributed by atoms with Gasteiger partial charge in [0, 0.05) is 24.7 Å². The van der Waals surface area contributed by atoms with E-state index in [2.05, 4.69) is 21.0 Å². The molecule has 0 radical (unpaired) electrons. The first-order valence-electron chi connectivity index (χ1n) is 8.81. The maximum Gasteiger partial charge on any atom is 0.243 e. The van der Waals surface area contributed by atoms with Crippen molar-refractivity contribution in [2.24, 2.45) is 5.41 Å². The number of H-pyrrole nitrogens is 1. The molecule has 132 valence electrons. The topological polar surface area (TPSA) is 111 Å². The van der Waals surface area contributed by atoms with E-state index >= 15 is 0 Å². The molecule has 1 aliphatic heterocycles. The molecule has 1 amide bonds. The molecule has 8 heteroatoms. The molecule has 5 rings (SSSR count). The Kier molecular flexibility index (Phi) is 3.12. The quantitative estimate of drug-likeness (QED) is 0.743. The van der Waals surface area contributed by atoms with Gasteiger partial charge in [0.2, 0.25) is 5.91 Å². The third kappa shape index (κ3) is 2.01. The minimum absolute atomic E-state index is 0.0288. The van der Waals surface area contributed by atoms with E-state index in [1.165, 1.54) is 0 Å². The van der Waals surface area contributed by atoms with E-state index in [0.29, 0.717) is 31.8 Å². The number of hydrogen-bond donors (Lipinski definition) is 2. The summed E-state index contributed by atoms with van der Waals surface area (Å²) in [5.41, 5.74) is 1.65.